The van der Waals surface area contributed by atoms with Crippen LogP contribution in [0.1, 0.15) is 79.9 Å². The van der Waals surface area contributed by atoms with Gasteiger partial charge in [0.25, 0.3) is 0 Å². The molecule has 36 heavy (non-hydrogen) atoms. The number of hydrogen-bond acceptors (Lipinski definition) is 5. The molecule has 0 unspecified atom stereocenters. The van der Waals surface area contributed by atoms with Crippen molar-refractivity contribution < 1.29 is 23.9 Å². The molecule has 0 atom stereocenters. The Hall–Kier alpha value is -3.12. The van der Waals surface area contributed by atoms with E-state index in [1.807, 2.05) is 20.8 Å². The van der Waals surface area contributed by atoms with Gasteiger partial charge in [0.05, 0.1) is 30.3 Å². The van der Waals surface area contributed by atoms with Crippen LogP contribution in [0.25, 0.3) is 5.52 Å². The fourth-order valence-corrected chi connectivity index (χ4v) is 4.42. The third kappa shape index (κ3) is 5.81. The predicted molar refractivity (Wildman–Crippen MR) is 141 cm³/mol. The first-order valence-electron chi connectivity index (χ1n) is 12.0. The highest BCUT2D eigenvalue weighted by Gasteiger charge is 2.36. The molecule has 0 spiro atoms. The molecule has 0 radical (unpaired) electrons. The summed E-state index contributed by atoms with van der Waals surface area (Å²) in [5.74, 6) is -0.196. The summed E-state index contributed by atoms with van der Waals surface area (Å²) in [6.45, 7) is 11.5. The number of ether oxygens (including phenoxy) is 2. The van der Waals surface area contributed by atoms with Gasteiger partial charge in [0.15, 0.2) is 5.78 Å². The Morgan fingerprint density at radius 2 is 1.64 bits per heavy atom. The summed E-state index contributed by atoms with van der Waals surface area (Å²) in [4.78, 5) is 40.6. The predicted octanol–water partition coefficient (Wildman–Crippen LogP) is 6.58. The van der Waals surface area contributed by atoms with Gasteiger partial charge in [-0.05, 0) is 68.5 Å². The van der Waals surface area contributed by atoms with E-state index in [1.54, 1.807) is 74.9 Å². The third-order valence-corrected chi connectivity index (χ3v) is 6.24. The van der Waals surface area contributed by atoms with Crippen LogP contribution in [0.3, 0.4) is 0 Å². The quantitative estimate of drug-likeness (QED) is 0.239. The van der Waals surface area contributed by atoms with Crippen LogP contribution in [0, 0.1) is 10.8 Å². The number of methoxy groups -OCH3 is 1. The van der Waals surface area contributed by atoms with Crippen molar-refractivity contribution in [2.75, 3.05) is 13.7 Å². The molecule has 0 amide bonds. The number of nitrogens with zero attached hydrogens (tertiary/aromatic N) is 1. The highest BCUT2D eigenvalue weighted by Crippen LogP contribution is 2.36. The zero-order valence-electron chi connectivity index (χ0n) is 22.0. The minimum absolute atomic E-state index is 0.0990. The SMILES string of the molecule is CCOC(=O)C(C)(C)Cc1c(C(=O)CC(C)(C)C)c2cc(OC)ccn2c1C(=O)c1ccc(Cl)cc1. The Balaban J connectivity index is 2.36. The van der Waals surface area contributed by atoms with Crippen molar-refractivity contribution in [1.82, 2.24) is 4.40 Å². The number of fused-ring (bicyclic) bond motifs is 1. The lowest BCUT2D eigenvalue weighted by molar-refractivity contribution is -0.153. The number of rotatable bonds is 9. The average molecular weight is 512 g/mol. The van der Waals surface area contributed by atoms with Gasteiger partial charge in [0, 0.05) is 34.8 Å². The van der Waals surface area contributed by atoms with Crippen LogP contribution >= 0.6 is 11.6 Å². The molecule has 3 aromatic rings. The summed E-state index contributed by atoms with van der Waals surface area (Å²) in [6, 6.07) is 10.1. The second-order valence-corrected chi connectivity index (χ2v) is 11.2. The fourth-order valence-electron chi connectivity index (χ4n) is 4.29. The maximum Gasteiger partial charge on any atom is 0.311 e. The molecule has 1 aromatic carbocycles. The standard InChI is InChI=1S/C29H34ClNO5/c1-8-36-27(34)29(5,6)16-21-24(23(32)17-28(2,3)4)22-15-20(35-7)13-14-31(22)25(21)26(33)18-9-11-19(30)12-10-18/h9-15H,8,16-17H2,1-7H3. The van der Waals surface area contributed by atoms with Crippen molar-refractivity contribution in [3.63, 3.8) is 0 Å². The fraction of sp³-hybridized carbons (Fsp3) is 0.414. The maximum atomic E-state index is 13.9. The van der Waals surface area contributed by atoms with E-state index in [0.29, 0.717) is 38.7 Å². The third-order valence-electron chi connectivity index (χ3n) is 5.98. The number of carbonyl (C=O) groups excluding carboxylic acids is 3. The topological polar surface area (TPSA) is 74.1 Å². The molecule has 0 aliphatic carbocycles. The van der Waals surface area contributed by atoms with Gasteiger partial charge in [-0.2, -0.15) is 0 Å². The van der Waals surface area contributed by atoms with E-state index in [-0.39, 0.29) is 36.4 Å². The van der Waals surface area contributed by atoms with E-state index in [2.05, 4.69) is 0 Å². The van der Waals surface area contributed by atoms with Gasteiger partial charge in [0.1, 0.15) is 5.75 Å². The van der Waals surface area contributed by atoms with Gasteiger partial charge in [-0.15, -0.1) is 0 Å². The second kappa shape index (κ2) is 10.5. The Kier molecular flexibility index (Phi) is 7.99. The van der Waals surface area contributed by atoms with E-state index in [9.17, 15) is 14.4 Å². The van der Waals surface area contributed by atoms with Gasteiger partial charge in [-0.1, -0.05) is 32.4 Å². The molecule has 192 valence electrons. The summed E-state index contributed by atoms with van der Waals surface area (Å²) in [5, 5.41) is 0.515. The number of benzene rings is 1. The molecule has 7 heteroatoms. The molecule has 0 saturated heterocycles. The van der Waals surface area contributed by atoms with Crippen molar-refractivity contribution in [1.29, 1.82) is 0 Å². The Bertz CT molecular complexity index is 1300. The highest BCUT2D eigenvalue weighted by atomic mass is 35.5. The molecular weight excluding hydrogens is 478 g/mol. The summed E-state index contributed by atoms with van der Waals surface area (Å²) in [5.41, 5.74) is 1.03. The van der Waals surface area contributed by atoms with Crippen molar-refractivity contribution in [3.05, 3.63) is 70.0 Å². The molecule has 0 fully saturated rings. The van der Waals surface area contributed by atoms with Crippen LogP contribution in [0.5, 0.6) is 5.75 Å². The Morgan fingerprint density at radius 1 is 1.00 bits per heavy atom. The number of hydrogen-bond donors (Lipinski definition) is 0. The number of esters is 1. The van der Waals surface area contributed by atoms with E-state index in [4.69, 9.17) is 21.1 Å². The zero-order chi connectivity index (χ0) is 26.8. The number of pyridine rings is 1. The molecule has 0 saturated carbocycles. The number of Topliss-reactive ketones (excluding diaryl/α,β-unsaturated/α-hetero) is 1. The normalized spacial score (nSPS) is 12.0. The lowest BCUT2D eigenvalue weighted by Crippen LogP contribution is -2.30. The summed E-state index contributed by atoms with van der Waals surface area (Å²) < 4.78 is 12.5. The Morgan fingerprint density at radius 3 is 2.19 bits per heavy atom. The molecule has 0 N–H and O–H groups in total. The Labute approximate surface area is 217 Å². The number of aromatic nitrogens is 1. The highest BCUT2D eigenvalue weighted by molar-refractivity contribution is 6.30. The van der Waals surface area contributed by atoms with Crippen LogP contribution in [-0.4, -0.2) is 35.7 Å². The van der Waals surface area contributed by atoms with E-state index in [0.717, 1.165) is 0 Å². The lowest BCUT2D eigenvalue weighted by Gasteiger charge is -2.24. The number of halogens is 1. The summed E-state index contributed by atoms with van der Waals surface area (Å²) in [7, 11) is 1.55. The first-order chi connectivity index (χ1) is 16.8. The molecule has 0 aliphatic heterocycles. The lowest BCUT2D eigenvalue weighted by atomic mass is 9.81. The largest absolute Gasteiger partial charge is 0.497 e. The van der Waals surface area contributed by atoms with E-state index >= 15 is 0 Å². The average Bonchev–Trinajstić information content (AvgIpc) is 3.10. The molecule has 2 aromatic heterocycles. The van der Waals surface area contributed by atoms with Crippen LogP contribution in [0.15, 0.2) is 42.6 Å². The van der Waals surface area contributed by atoms with Crippen LogP contribution in [0.4, 0.5) is 0 Å². The van der Waals surface area contributed by atoms with E-state index < -0.39 is 11.4 Å². The van der Waals surface area contributed by atoms with Crippen molar-refractivity contribution in [3.8, 4) is 5.75 Å². The smallest absolute Gasteiger partial charge is 0.311 e. The van der Waals surface area contributed by atoms with Gasteiger partial charge in [-0.3, -0.25) is 14.4 Å². The van der Waals surface area contributed by atoms with Gasteiger partial charge >= 0.3 is 5.97 Å². The number of carbonyl (C=O) groups is 3. The van der Waals surface area contributed by atoms with Crippen LogP contribution < -0.4 is 4.74 Å². The second-order valence-electron chi connectivity index (χ2n) is 10.8. The molecule has 6 nitrogen and oxygen atoms in total. The van der Waals surface area contributed by atoms with Crippen LogP contribution in [0.2, 0.25) is 5.02 Å². The molecular formula is C29H34ClNO5. The first kappa shape index (κ1) is 27.5. The van der Waals surface area contributed by atoms with Crippen molar-refractivity contribution in [2.24, 2.45) is 10.8 Å². The van der Waals surface area contributed by atoms with Gasteiger partial charge in [-0.25, -0.2) is 0 Å². The maximum absolute atomic E-state index is 13.9. The molecule has 0 bridgehead atoms. The zero-order valence-corrected chi connectivity index (χ0v) is 22.8. The molecule has 0 aliphatic rings. The van der Waals surface area contributed by atoms with E-state index in [1.165, 1.54) is 0 Å². The molecule has 2 heterocycles. The van der Waals surface area contributed by atoms with Crippen LogP contribution in [-0.2, 0) is 16.0 Å². The minimum atomic E-state index is -0.975. The molecule has 3 rings (SSSR count). The monoisotopic (exact) mass is 511 g/mol. The van der Waals surface area contributed by atoms with Gasteiger partial charge < -0.3 is 13.9 Å². The van der Waals surface area contributed by atoms with Gasteiger partial charge in [0.2, 0.25) is 5.78 Å². The van der Waals surface area contributed by atoms with Crippen molar-refractivity contribution >= 4 is 34.7 Å². The minimum Gasteiger partial charge on any atom is -0.497 e. The summed E-state index contributed by atoms with van der Waals surface area (Å²) >= 11 is 6.05. The van der Waals surface area contributed by atoms with Crippen molar-refractivity contribution in [2.45, 2.75) is 54.4 Å². The first-order valence-corrected chi connectivity index (χ1v) is 12.4. The summed E-state index contributed by atoms with van der Waals surface area (Å²) in [6.07, 6.45) is 2.15. The number of ketones is 2.